The van der Waals surface area contributed by atoms with Crippen LogP contribution in [0.1, 0.15) is 12.8 Å². The summed E-state index contributed by atoms with van der Waals surface area (Å²) < 4.78 is 0. The number of hydrogen-bond donors (Lipinski definition) is 1. The third-order valence-electron chi connectivity index (χ3n) is 1.36. The van der Waals surface area contributed by atoms with E-state index in [1.807, 2.05) is 0 Å². The lowest BCUT2D eigenvalue weighted by Crippen LogP contribution is -2.23. The second-order valence-corrected chi connectivity index (χ2v) is 1.96. The van der Waals surface area contributed by atoms with Crippen LogP contribution in [0.4, 0.5) is 0 Å². The molecule has 0 aromatic heterocycles. The van der Waals surface area contributed by atoms with Crippen molar-refractivity contribution in [3.05, 3.63) is 0 Å². The minimum atomic E-state index is 0.0556. The molecule has 41 valence electrons. The smallest absolute Gasteiger partial charge is 0.0975 e. The molecule has 0 spiro atoms. The molecule has 2 nitrogen and oxygen atoms in total. The van der Waals surface area contributed by atoms with Gasteiger partial charge in [0.2, 0.25) is 0 Å². The summed E-state index contributed by atoms with van der Waals surface area (Å²) in [5.74, 6) is 0. The second kappa shape index (κ2) is 2.28. The highest BCUT2D eigenvalue weighted by Crippen LogP contribution is 2.02. The van der Waals surface area contributed by atoms with Crippen LogP contribution in [0.2, 0.25) is 0 Å². The summed E-state index contributed by atoms with van der Waals surface area (Å²) in [5, 5.41) is 13.2. The van der Waals surface area contributed by atoms with Gasteiger partial charge in [-0.15, -0.1) is 0 Å². The quantitative estimate of drug-likeness (QED) is 0.500. The van der Waals surface area contributed by atoms with Gasteiger partial charge in [-0.3, -0.25) is 0 Å². The van der Waals surface area contributed by atoms with Crippen LogP contribution in [-0.2, 0) is 5.11 Å². The molecule has 0 bridgehead atoms. The fourth-order valence-electron chi connectivity index (χ4n) is 0.899. The van der Waals surface area contributed by atoms with Crippen molar-refractivity contribution in [1.29, 1.82) is 0 Å². The van der Waals surface area contributed by atoms with Gasteiger partial charge in [-0.25, -0.2) is 5.11 Å². The van der Waals surface area contributed by atoms with E-state index in [1.165, 1.54) is 6.42 Å². The first-order valence-corrected chi connectivity index (χ1v) is 2.75. The molecule has 0 saturated carbocycles. The number of hydrogen-bond acceptors (Lipinski definition) is 1. The van der Waals surface area contributed by atoms with E-state index in [9.17, 15) is 5.11 Å². The van der Waals surface area contributed by atoms with Crippen molar-refractivity contribution in [2.24, 2.45) is 0 Å². The fourth-order valence-corrected chi connectivity index (χ4v) is 0.899. The molecule has 1 heterocycles. The van der Waals surface area contributed by atoms with Crippen LogP contribution in [0.25, 0.3) is 0 Å². The van der Waals surface area contributed by atoms with Crippen LogP contribution in [0, 0.1) is 0 Å². The second-order valence-electron chi connectivity index (χ2n) is 1.96. The molecule has 0 aromatic carbocycles. The van der Waals surface area contributed by atoms with E-state index < -0.39 is 0 Å². The molecule has 1 atom stereocenters. The molecule has 0 unspecified atom stereocenters. The van der Waals surface area contributed by atoms with Gasteiger partial charge in [0.25, 0.3) is 0 Å². The molecular weight excluding hydrogens is 90.1 g/mol. The van der Waals surface area contributed by atoms with E-state index in [0.29, 0.717) is 6.04 Å². The lowest BCUT2D eigenvalue weighted by atomic mass is 10.2. The Morgan fingerprint density at radius 2 is 2.57 bits per heavy atom. The van der Waals surface area contributed by atoms with Crippen LogP contribution in [0.3, 0.4) is 0 Å². The highest BCUT2D eigenvalue weighted by atomic mass is 16.3. The Bertz CT molecular complexity index is 50.0. The molecule has 1 rings (SSSR count). The van der Waals surface area contributed by atoms with Crippen LogP contribution < -0.4 is 5.32 Å². The molecule has 1 aliphatic heterocycles. The monoisotopic (exact) mass is 100 g/mol. The van der Waals surface area contributed by atoms with Gasteiger partial charge in [-0.1, -0.05) is 0 Å². The van der Waals surface area contributed by atoms with Crippen molar-refractivity contribution in [2.45, 2.75) is 18.9 Å². The Morgan fingerprint density at radius 1 is 1.71 bits per heavy atom. The van der Waals surface area contributed by atoms with E-state index in [4.69, 9.17) is 0 Å². The third-order valence-corrected chi connectivity index (χ3v) is 1.36. The highest BCUT2D eigenvalue weighted by molar-refractivity contribution is 4.71. The molecular formula is C5H10NO. The van der Waals surface area contributed by atoms with Crippen molar-refractivity contribution in [1.82, 2.24) is 5.32 Å². The Morgan fingerprint density at radius 3 is 2.86 bits per heavy atom. The first kappa shape index (κ1) is 5.06. The van der Waals surface area contributed by atoms with Crippen LogP contribution in [0.5, 0.6) is 0 Å². The first-order chi connectivity index (χ1) is 3.43. The molecule has 0 aliphatic carbocycles. The van der Waals surface area contributed by atoms with E-state index >= 15 is 0 Å². The molecule has 1 radical (unpaired) electrons. The van der Waals surface area contributed by atoms with E-state index in [0.717, 1.165) is 13.0 Å². The average molecular weight is 100 g/mol. The lowest BCUT2D eigenvalue weighted by molar-refractivity contribution is 0.166. The number of nitrogens with one attached hydrogen (secondary N) is 1. The Kier molecular flexibility index (Phi) is 1.65. The summed E-state index contributed by atoms with van der Waals surface area (Å²) in [6, 6.07) is 0.292. The highest BCUT2D eigenvalue weighted by Gasteiger charge is 2.11. The van der Waals surface area contributed by atoms with Crippen LogP contribution in [0.15, 0.2) is 0 Å². The van der Waals surface area contributed by atoms with Crippen molar-refractivity contribution < 1.29 is 5.11 Å². The predicted octanol–water partition coefficient (Wildman–Crippen LogP) is 0.169. The van der Waals surface area contributed by atoms with Crippen molar-refractivity contribution in [3.8, 4) is 0 Å². The fraction of sp³-hybridized carbons (Fsp3) is 1.00. The Hall–Kier alpha value is -0.0800. The molecule has 1 aliphatic rings. The summed E-state index contributed by atoms with van der Waals surface area (Å²) in [4.78, 5) is 0. The molecule has 0 amide bonds. The van der Waals surface area contributed by atoms with Crippen molar-refractivity contribution in [2.75, 3.05) is 13.2 Å². The zero-order valence-electron chi connectivity index (χ0n) is 4.31. The third kappa shape index (κ3) is 1.14. The first-order valence-electron chi connectivity index (χ1n) is 2.75. The molecule has 1 fully saturated rings. The molecule has 2 heteroatoms. The molecule has 0 aromatic rings. The van der Waals surface area contributed by atoms with E-state index in [-0.39, 0.29) is 6.61 Å². The van der Waals surface area contributed by atoms with Crippen LogP contribution in [-0.4, -0.2) is 19.2 Å². The maximum Gasteiger partial charge on any atom is 0.0975 e. The summed E-state index contributed by atoms with van der Waals surface area (Å²) in [6.45, 7) is 1.10. The van der Waals surface area contributed by atoms with E-state index in [1.54, 1.807) is 0 Å². The summed E-state index contributed by atoms with van der Waals surface area (Å²) in [7, 11) is 0. The minimum absolute atomic E-state index is 0.0556. The SMILES string of the molecule is [O]C[C@H]1CCCN1. The van der Waals surface area contributed by atoms with Crippen molar-refractivity contribution in [3.63, 3.8) is 0 Å². The largest absolute Gasteiger partial charge is 0.312 e. The van der Waals surface area contributed by atoms with Gasteiger partial charge < -0.3 is 5.32 Å². The molecule has 7 heavy (non-hydrogen) atoms. The lowest BCUT2D eigenvalue weighted by Gasteiger charge is -1.99. The Labute approximate surface area is 43.5 Å². The van der Waals surface area contributed by atoms with Gasteiger partial charge in [0.05, 0.1) is 6.61 Å². The van der Waals surface area contributed by atoms with Gasteiger partial charge in [-0.05, 0) is 19.4 Å². The van der Waals surface area contributed by atoms with Gasteiger partial charge in [-0.2, -0.15) is 0 Å². The predicted molar refractivity (Wildman–Crippen MR) is 26.6 cm³/mol. The molecule has 1 N–H and O–H groups in total. The van der Waals surface area contributed by atoms with Gasteiger partial charge in [0, 0.05) is 6.04 Å². The number of rotatable bonds is 1. The summed E-state index contributed by atoms with van der Waals surface area (Å²) >= 11 is 0. The molecule has 1 saturated heterocycles. The topological polar surface area (TPSA) is 31.9 Å². The zero-order valence-corrected chi connectivity index (χ0v) is 4.31. The van der Waals surface area contributed by atoms with E-state index in [2.05, 4.69) is 5.32 Å². The summed E-state index contributed by atoms with van der Waals surface area (Å²) in [5.41, 5.74) is 0. The zero-order chi connectivity index (χ0) is 5.11. The standard InChI is InChI=1S/C5H10NO/c7-4-5-2-1-3-6-5/h5-6H,1-4H2/t5-/m1/s1. The maximum atomic E-state index is 10.1. The minimum Gasteiger partial charge on any atom is -0.312 e. The Balaban J connectivity index is 2.14. The maximum absolute atomic E-state index is 10.1. The van der Waals surface area contributed by atoms with Crippen LogP contribution >= 0.6 is 0 Å². The summed E-state index contributed by atoms with van der Waals surface area (Å²) in [6.07, 6.45) is 2.27. The van der Waals surface area contributed by atoms with Crippen molar-refractivity contribution >= 4 is 0 Å². The van der Waals surface area contributed by atoms with Gasteiger partial charge >= 0.3 is 0 Å². The van der Waals surface area contributed by atoms with Gasteiger partial charge in [0.15, 0.2) is 0 Å². The average Bonchev–Trinajstić information content (AvgIpc) is 2.14. The van der Waals surface area contributed by atoms with Gasteiger partial charge in [0.1, 0.15) is 0 Å². The normalized spacial score (nSPS) is 31.3.